The minimum atomic E-state index is -1.11. The van der Waals surface area contributed by atoms with E-state index in [0.717, 1.165) is 6.42 Å². The quantitative estimate of drug-likeness (QED) is 0.493. The fourth-order valence-electron chi connectivity index (χ4n) is 2.89. The van der Waals surface area contributed by atoms with Crippen molar-refractivity contribution in [3.05, 3.63) is 12.2 Å². The number of carboxylic acids is 2. The van der Waals surface area contributed by atoms with E-state index in [2.05, 4.69) is 0 Å². The van der Waals surface area contributed by atoms with Crippen molar-refractivity contribution in [2.24, 2.45) is 10.8 Å². The number of unbranched alkanes of at least 4 members (excludes halogenated alkanes) is 1. The summed E-state index contributed by atoms with van der Waals surface area (Å²) in [5.74, 6) is -1.91. The van der Waals surface area contributed by atoms with Gasteiger partial charge in [-0.2, -0.15) is 0 Å². The zero-order chi connectivity index (χ0) is 15.4. The van der Waals surface area contributed by atoms with Gasteiger partial charge in [0.1, 0.15) is 0 Å². The van der Waals surface area contributed by atoms with E-state index in [0.29, 0.717) is 25.7 Å². The molecule has 1 aliphatic carbocycles. The monoisotopic (exact) mass is 284 g/mol. The first kappa shape index (κ1) is 16.7. The van der Waals surface area contributed by atoms with Gasteiger partial charge >= 0.3 is 11.9 Å². The molecular weight excluding hydrogens is 260 g/mol. The largest absolute Gasteiger partial charge is 0.481 e. The van der Waals surface area contributed by atoms with E-state index in [1.807, 2.05) is 0 Å². The van der Waals surface area contributed by atoms with Crippen LogP contribution in [0.15, 0.2) is 12.2 Å². The molecule has 0 aromatic rings. The smallest absolute Gasteiger partial charge is 0.313 e. The van der Waals surface area contributed by atoms with E-state index in [4.69, 9.17) is 0 Å². The standard InChI is InChI=1S/C15H24O5/c1-11(16)6-3-4-8-15(13(19)20)9-5-7-14(2,10-15)12(17)18/h5,7,11,16H,3-4,6,8-10H2,1-2H3,(H,17,18)(H,19,20). The van der Waals surface area contributed by atoms with Crippen LogP contribution in [0.3, 0.4) is 0 Å². The molecule has 0 aromatic carbocycles. The predicted octanol–water partition coefficient (Wildman–Crippen LogP) is 2.44. The average molecular weight is 284 g/mol. The molecule has 20 heavy (non-hydrogen) atoms. The number of hydrogen-bond donors (Lipinski definition) is 3. The minimum absolute atomic E-state index is 0.121. The molecule has 114 valence electrons. The van der Waals surface area contributed by atoms with E-state index < -0.39 is 22.8 Å². The van der Waals surface area contributed by atoms with Crippen LogP contribution in [0.5, 0.6) is 0 Å². The molecule has 1 rings (SSSR count). The van der Waals surface area contributed by atoms with Gasteiger partial charge in [-0.25, -0.2) is 0 Å². The fraction of sp³-hybridized carbons (Fsp3) is 0.733. The fourth-order valence-corrected chi connectivity index (χ4v) is 2.89. The van der Waals surface area contributed by atoms with Gasteiger partial charge in [0.15, 0.2) is 0 Å². The topological polar surface area (TPSA) is 94.8 Å². The Hall–Kier alpha value is -1.36. The molecule has 0 amide bonds. The van der Waals surface area contributed by atoms with Gasteiger partial charge in [0.05, 0.1) is 16.9 Å². The van der Waals surface area contributed by atoms with Crippen LogP contribution in [0.1, 0.15) is 52.4 Å². The molecule has 0 radical (unpaired) electrons. The van der Waals surface area contributed by atoms with Gasteiger partial charge in [-0.3, -0.25) is 9.59 Å². The number of aliphatic carboxylic acids is 2. The molecule has 0 fully saturated rings. The Bertz CT molecular complexity index is 401. The lowest BCUT2D eigenvalue weighted by Crippen LogP contribution is -2.41. The lowest BCUT2D eigenvalue weighted by atomic mass is 9.64. The van der Waals surface area contributed by atoms with Crippen molar-refractivity contribution in [3.8, 4) is 0 Å². The third-order valence-electron chi connectivity index (χ3n) is 4.17. The van der Waals surface area contributed by atoms with Crippen LogP contribution >= 0.6 is 0 Å². The zero-order valence-corrected chi connectivity index (χ0v) is 12.1. The first-order valence-electron chi connectivity index (χ1n) is 7.04. The summed E-state index contributed by atoms with van der Waals surface area (Å²) in [4.78, 5) is 23.0. The summed E-state index contributed by atoms with van der Waals surface area (Å²) in [5, 5.41) is 28.0. The normalized spacial score (nSPS) is 30.9. The average Bonchev–Trinajstić information content (AvgIpc) is 2.34. The van der Waals surface area contributed by atoms with Gasteiger partial charge in [0.2, 0.25) is 0 Å². The Morgan fingerprint density at radius 3 is 2.40 bits per heavy atom. The van der Waals surface area contributed by atoms with Crippen molar-refractivity contribution < 1.29 is 24.9 Å². The molecule has 3 N–H and O–H groups in total. The van der Waals surface area contributed by atoms with Crippen molar-refractivity contribution in [2.75, 3.05) is 0 Å². The SMILES string of the molecule is CC(O)CCCCC1(C(=O)O)CC=CC(C)(C(=O)O)C1. The Kier molecular flexibility index (Phi) is 5.34. The Balaban J connectivity index is 2.76. The molecule has 0 heterocycles. The van der Waals surface area contributed by atoms with Crippen molar-refractivity contribution in [1.82, 2.24) is 0 Å². The van der Waals surface area contributed by atoms with E-state index in [9.17, 15) is 24.9 Å². The minimum Gasteiger partial charge on any atom is -0.481 e. The maximum Gasteiger partial charge on any atom is 0.313 e. The highest BCUT2D eigenvalue weighted by molar-refractivity contribution is 5.81. The van der Waals surface area contributed by atoms with Crippen LogP contribution in [0.2, 0.25) is 0 Å². The summed E-state index contributed by atoms with van der Waals surface area (Å²) in [6.07, 6.45) is 5.92. The third-order valence-corrected chi connectivity index (χ3v) is 4.17. The molecule has 1 aliphatic rings. The number of rotatable bonds is 7. The summed E-state index contributed by atoms with van der Waals surface area (Å²) >= 11 is 0. The molecular formula is C15H24O5. The number of aliphatic hydroxyl groups is 1. The van der Waals surface area contributed by atoms with Gasteiger partial charge in [0.25, 0.3) is 0 Å². The van der Waals surface area contributed by atoms with Crippen LogP contribution in [-0.2, 0) is 9.59 Å². The Morgan fingerprint density at radius 1 is 1.25 bits per heavy atom. The van der Waals surface area contributed by atoms with Gasteiger partial charge in [0, 0.05) is 0 Å². The van der Waals surface area contributed by atoms with Crippen LogP contribution in [0, 0.1) is 10.8 Å². The molecule has 0 aromatic heterocycles. The summed E-state index contributed by atoms with van der Waals surface area (Å²) in [6, 6.07) is 0. The highest BCUT2D eigenvalue weighted by Gasteiger charge is 2.48. The highest BCUT2D eigenvalue weighted by atomic mass is 16.4. The van der Waals surface area contributed by atoms with E-state index in [1.165, 1.54) is 0 Å². The highest BCUT2D eigenvalue weighted by Crippen LogP contribution is 2.46. The number of carbonyl (C=O) groups is 2. The van der Waals surface area contributed by atoms with Gasteiger partial charge in [-0.15, -0.1) is 0 Å². The van der Waals surface area contributed by atoms with Crippen molar-refractivity contribution in [2.45, 2.75) is 58.5 Å². The first-order valence-corrected chi connectivity index (χ1v) is 7.04. The van der Waals surface area contributed by atoms with Crippen molar-refractivity contribution >= 4 is 11.9 Å². The molecule has 0 saturated carbocycles. The predicted molar refractivity (Wildman–Crippen MR) is 74.3 cm³/mol. The Morgan fingerprint density at radius 2 is 1.90 bits per heavy atom. The maximum absolute atomic E-state index is 11.6. The van der Waals surface area contributed by atoms with E-state index in [-0.39, 0.29) is 12.5 Å². The van der Waals surface area contributed by atoms with E-state index >= 15 is 0 Å². The lowest BCUT2D eigenvalue weighted by molar-refractivity contribution is -0.156. The molecule has 0 aliphatic heterocycles. The number of allylic oxidation sites excluding steroid dienone is 1. The van der Waals surface area contributed by atoms with Crippen LogP contribution in [-0.4, -0.2) is 33.4 Å². The van der Waals surface area contributed by atoms with Gasteiger partial charge in [-0.1, -0.05) is 25.0 Å². The molecule has 5 heteroatoms. The van der Waals surface area contributed by atoms with Crippen LogP contribution < -0.4 is 0 Å². The second kappa shape index (κ2) is 6.39. The van der Waals surface area contributed by atoms with Gasteiger partial charge < -0.3 is 15.3 Å². The van der Waals surface area contributed by atoms with Gasteiger partial charge in [-0.05, 0) is 39.5 Å². The first-order chi connectivity index (χ1) is 9.22. The van der Waals surface area contributed by atoms with Crippen LogP contribution in [0.25, 0.3) is 0 Å². The summed E-state index contributed by atoms with van der Waals surface area (Å²) in [6.45, 7) is 3.27. The lowest BCUT2D eigenvalue weighted by Gasteiger charge is -2.38. The Labute approximate surface area is 119 Å². The zero-order valence-electron chi connectivity index (χ0n) is 12.1. The van der Waals surface area contributed by atoms with Crippen molar-refractivity contribution in [1.29, 1.82) is 0 Å². The number of carboxylic acid groups (broad SMARTS) is 2. The number of aliphatic hydroxyl groups excluding tert-OH is 1. The maximum atomic E-state index is 11.6. The molecule has 0 spiro atoms. The number of hydrogen-bond acceptors (Lipinski definition) is 3. The summed E-state index contributed by atoms with van der Waals surface area (Å²) in [5.41, 5.74) is -2.11. The molecule has 0 saturated heterocycles. The van der Waals surface area contributed by atoms with Crippen molar-refractivity contribution in [3.63, 3.8) is 0 Å². The molecule has 0 bridgehead atoms. The second-order valence-electron chi connectivity index (χ2n) is 6.19. The van der Waals surface area contributed by atoms with Crippen LogP contribution in [0.4, 0.5) is 0 Å². The second-order valence-corrected chi connectivity index (χ2v) is 6.19. The third kappa shape index (κ3) is 3.82. The summed E-state index contributed by atoms with van der Waals surface area (Å²) in [7, 11) is 0. The molecule has 5 nitrogen and oxygen atoms in total. The van der Waals surface area contributed by atoms with E-state index in [1.54, 1.807) is 26.0 Å². The summed E-state index contributed by atoms with van der Waals surface area (Å²) < 4.78 is 0. The molecule has 3 unspecified atom stereocenters. The molecule has 3 atom stereocenters.